The first-order chi connectivity index (χ1) is 13.6. The number of rotatable bonds is 6. The van der Waals surface area contributed by atoms with Gasteiger partial charge in [-0.3, -0.25) is 13.5 Å². The number of fused-ring (bicyclic) bond motifs is 3. The van der Waals surface area contributed by atoms with Crippen LogP contribution in [0.2, 0.25) is 0 Å². The predicted octanol–water partition coefficient (Wildman–Crippen LogP) is -1.08. The number of nitrogens with zero attached hydrogens (tertiary/aromatic N) is 5. The van der Waals surface area contributed by atoms with Gasteiger partial charge in [-0.2, -0.15) is 4.31 Å². The minimum atomic E-state index is -5.29. The lowest BCUT2D eigenvalue weighted by molar-refractivity contribution is -0.0503. The first kappa shape index (κ1) is 20.5. The van der Waals surface area contributed by atoms with Crippen LogP contribution >= 0.6 is 15.6 Å². The Hall–Kier alpha value is -1.77. The van der Waals surface area contributed by atoms with Crippen LogP contribution in [0.5, 0.6) is 0 Å². The van der Waals surface area contributed by atoms with E-state index in [2.05, 4.69) is 23.8 Å². The van der Waals surface area contributed by atoms with Crippen molar-refractivity contribution < 1.29 is 47.6 Å². The molecule has 158 valence electrons. The van der Waals surface area contributed by atoms with Crippen LogP contribution in [0.25, 0.3) is 16.8 Å². The van der Waals surface area contributed by atoms with Gasteiger partial charge in [0.1, 0.15) is 24.6 Å². The molecule has 1 fully saturated rings. The first-order valence-electron chi connectivity index (χ1n) is 7.96. The van der Waals surface area contributed by atoms with Crippen molar-refractivity contribution in [3.8, 4) is 0 Å². The molecule has 0 radical (unpaired) electrons. The highest BCUT2D eigenvalue weighted by molar-refractivity contribution is 7.60. The van der Waals surface area contributed by atoms with Crippen molar-refractivity contribution in [2.45, 2.75) is 24.5 Å². The molecule has 29 heavy (non-hydrogen) atoms. The van der Waals surface area contributed by atoms with E-state index in [1.54, 1.807) is 16.8 Å². The SMILES string of the molecule is O=P(O)(O)OP(=O)(O)OC[C@H]1O[C@@H](n2cnc3c2ncn2ccnc32)[C@@H](O)C1O. The van der Waals surface area contributed by atoms with Crippen LogP contribution in [-0.4, -0.2) is 73.7 Å². The summed E-state index contributed by atoms with van der Waals surface area (Å²) in [7, 11) is -10.4. The van der Waals surface area contributed by atoms with Gasteiger partial charge < -0.3 is 29.6 Å². The Balaban J connectivity index is 1.54. The van der Waals surface area contributed by atoms with Gasteiger partial charge in [-0.05, 0) is 0 Å². The van der Waals surface area contributed by atoms with Crippen LogP contribution in [0.3, 0.4) is 0 Å². The van der Waals surface area contributed by atoms with Crippen LogP contribution in [0.15, 0.2) is 25.0 Å². The van der Waals surface area contributed by atoms with Crippen molar-refractivity contribution in [2.75, 3.05) is 6.61 Å². The van der Waals surface area contributed by atoms with E-state index in [1.165, 1.54) is 17.2 Å². The largest absolute Gasteiger partial charge is 0.481 e. The topological polar surface area (TPSA) is 211 Å². The minimum absolute atomic E-state index is 0.305. The smallest absolute Gasteiger partial charge is 0.387 e. The van der Waals surface area contributed by atoms with Gasteiger partial charge in [0.2, 0.25) is 0 Å². The Bertz CT molecular complexity index is 1140. The van der Waals surface area contributed by atoms with Gasteiger partial charge in [0, 0.05) is 12.4 Å². The second-order valence-electron chi connectivity index (χ2n) is 6.11. The highest BCUT2D eigenvalue weighted by Crippen LogP contribution is 2.57. The molecule has 3 aromatic rings. The third kappa shape index (κ3) is 3.98. The lowest BCUT2D eigenvalue weighted by atomic mass is 10.1. The highest BCUT2D eigenvalue weighted by Gasteiger charge is 2.46. The van der Waals surface area contributed by atoms with Crippen molar-refractivity contribution >= 4 is 32.5 Å². The molecule has 17 heteroatoms. The second kappa shape index (κ2) is 7.18. The normalized spacial score (nSPS) is 27.6. The summed E-state index contributed by atoms with van der Waals surface area (Å²) in [6.45, 7) is -0.799. The number of hydrogen-bond acceptors (Lipinski definition) is 10. The summed E-state index contributed by atoms with van der Waals surface area (Å²) < 4.78 is 38.8. The molecule has 0 aliphatic carbocycles. The molecule has 0 amide bonds. The van der Waals surface area contributed by atoms with Crippen molar-refractivity contribution in [1.29, 1.82) is 0 Å². The highest BCUT2D eigenvalue weighted by atomic mass is 31.3. The Morgan fingerprint density at radius 3 is 2.55 bits per heavy atom. The molecule has 15 nitrogen and oxygen atoms in total. The summed E-state index contributed by atoms with van der Waals surface area (Å²) in [4.78, 5) is 39.1. The molecule has 4 rings (SSSR count). The molecule has 0 saturated carbocycles. The lowest BCUT2D eigenvalue weighted by Crippen LogP contribution is -2.33. The zero-order valence-corrected chi connectivity index (χ0v) is 16.0. The van der Waals surface area contributed by atoms with Crippen LogP contribution < -0.4 is 0 Å². The molecule has 5 atom stereocenters. The number of aliphatic hydroxyl groups excluding tert-OH is 2. The fraction of sp³-hybridized carbons (Fsp3) is 0.417. The summed E-state index contributed by atoms with van der Waals surface area (Å²) >= 11 is 0. The van der Waals surface area contributed by atoms with E-state index in [1.807, 2.05) is 0 Å². The van der Waals surface area contributed by atoms with Crippen molar-refractivity contribution in [1.82, 2.24) is 23.9 Å². The van der Waals surface area contributed by atoms with Gasteiger partial charge in [-0.1, -0.05) is 0 Å². The zero-order valence-electron chi connectivity index (χ0n) is 14.2. The average molecular weight is 451 g/mol. The molecule has 3 aromatic heterocycles. The minimum Gasteiger partial charge on any atom is -0.387 e. The van der Waals surface area contributed by atoms with Gasteiger partial charge >= 0.3 is 15.6 Å². The molecule has 2 unspecified atom stereocenters. The molecule has 0 spiro atoms. The Morgan fingerprint density at radius 2 is 1.83 bits per heavy atom. The van der Waals surface area contributed by atoms with E-state index >= 15 is 0 Å². The Labute approximate surface area is 161 Å². The third-order valence-electron chi connectivity index (χ3n) is 4.18. The predicted molar refractivity (Wildman–Crippen MR) is 91.1 cm³/mol. The van der Waals surface area contributed by atoms with Gasteiger partial charge in [-0.15, -0.1) is 0 Å². The summed E-state index contributed by atoms with van der Waals surface area (Å²) in [5.41, 5.74) is 1.23. The maximum Gasteiger partial charge on any atom is 0.481 e. The van der Waals surface area contributed by atoms with E-state index in [4.69, 9.17) is 14.5 Å². The number of phosphoric acid groups is 2. The van der Waals surface area contributed by atoms with Gasteiger partial charge in [0.25, 0.3) is 0 Å². The lowest BCUT2D eigenvalue weighted by Gasteiger charge is -2.17. The molecule has 0 aromatic carbocycles. The summed E-state index contributed by atoms with van der Waals surface area (Å²) in [6, 6.07) is 0. The third-order valence-corrected chi connectivity index (χ3v) is 6.33. The van der Waals surface area contributed by atoms with Gasteiger partial charge in [0.05, 0.1) is 12.9 Å². The van der Waals surface area contributed by atoms with E-state index in [0.29, 0.717) is 16.8 Å². The molecule has 1 aliphatic rings. The Kier molecular flexibility index (Phi) is 5.07. The summed E-state index contributed by atoms with van der Waals surface area (Å²) in [6.07, 6.45) is 0.499. The molecule has 0 bridgehead atoms. The van der Waals surface area contributed by atoms with Crippen molar-refractivity contribution in [2.24, 2.45) is 0 Å². The quantitative estimate of drug-likeness (QED) is 0.283. The molecule has 1 saturated heterocycles. The number of phosphoric ester groups is 1. The number of ether oxygens (including phenoxy) is 1. The van der Waals surface area contributed by atoms with Crippen LogP contribution in [0, 0.1) is 0 Å². The number of imidazole rings is 2. The number of hydrogen-bond donors (Lipinski definition) is 5. The monoisotopic (exact) mass is 451 g/mol. The molecular weight excluding hydrogens is 436 g/mol. The van der Waals surface area contributed by atoms with Crippen LogP contribution in [0.1, 0.15) is 6.23 Å². The van der Waals surface area contributed by atoms with E-state index in [9.17, 15) is 24.2 Å². The van der Waals surface area contributed by atoms with Gasteiger partial charge in [-0.25, -0.2) is 24.1 Å². The van der Waals surface area contributed by atoms with E-state index in [-0.39, 0.29) is 0 Å². The molecule has 5 N–H and O–H groups in total. The number of aromatic nitrogens is 5. The van der Waals surface area contributed by atoms with E-state index in [0.717, 1.165) is 0 Å². The molecular formula is C12H15N5O10P2. The fourth-order valence-electron chi connectivity index (χ4n) is 2.96. The van der Waals surface area contributed by atoms with Gasteiger partial charge in [0.15, 0.2) is 23.0 Å². The Morgan fingerprint density at radius 1 is 1.07 bits per heavy atom. The van der Waals surface area contributed by atoms with E-state index < -0.39 is 46.8 Å². The second-order valence-corrected chi connectivity index (χ2v) is 8.94. The van der Waals surface area contributed by atoms with Crippen LogP contribution in [-0.2, 0) is 22.7 Å². The zero-order chi connectivity index (χ0) is 21.0. The maximum absolute atomic E-state index is 11.5. The fourth-order valence-corrected chi connectivity index (χ4v) is 4.55. The van der Waals surface area contributed by atoms with Crippen molar-refractivity contribution in [3.05, 3.63) is 25.0 Å². The van der Waals surface area contributed by atoms with Crippen molar-refractivity contribution in [3.63, 3.8) is 0 Å². The summed E-state index contributed by atoms with van der Waals surface area (Å²) in [5, 5.41) is 20.5. The first-order valence-corrected chi connectivity index (χ1v) is 11.0. The molecule has 4 heterocycles. The van der Waals surface area contributed by atoms with Crippen LogP contribution in [0.4, 0.5) is 0 Å². The maximum atomic E-state index is 11.5. The summed E-state index contributed by atoms with van der Waals surface area (Å²) in [5.74, 6) is 0. The standard InChI is InChI=1S/C12H15N5O10P2/c18-8-6(3-25-29(23,24)27-28(20,21)22)26-12(9(8)19)17-5-14-7-10-13-1-2-16(10)4-15-11(7)17/h1-2,4-6,8-9,12,18-19H,3H2,(H,23,24)(H2,20,21,22)/t6-,8?,9+,12-/m1/s1. The molecule has 1 aliphatic heterocycles. The average Bonchev–Trinajstić information content (AvgIpc) is 3.29. The number of aliphatic hydroxyl groups is 2.